The normalized spacial score (nSPS) is 13.5. The first-order valence-electron chi connectivity index (χ1n) is 6.44. The van der Waals surface area contributed by atoms with Crippen molar-refractivity contribution >= 4 is 11.8 Å². The molecule has 0 heterocycles. The molecule has 124 valence electrons. The molecule has 5 nitrogen and oxygen atoms in total. The number of nitrogens with one attached hydrogen (secondary N) is 1. The lowest BCUT2D eigenvalue weighted by Gasteiger charge is -2.21. The summed E-state index contributed by atoms with van der Waals surface area (Å²) >= 11 is 0. The van der Waals surface area contributed by atoms with Crippen LogP contribution in [0.3, 0.4) is 0 Å². The maximum Gasteiger partial charge on any atom is 0.412 e. The molecule has 1 amide bonds. The van der Waals surface area contributed by atoms with Gasteiger partial charge in [-0.25, -0.2) is 4.79 Å². The highest BCUT2D eigenvalue weighted by atomic mass is 19.4. The lowest BCUT2D eigenvalue weighted by Crippen LogP contribution is -2.29. The number of alkyl halides is 3. The van der Waals surface area contributed by atoms with Gasteiger partial charge in [-0.1, -0.05) is 6.07 Å². The third-order valence-electron chi connectivity index (χ3n) is 2.57. The summed E-state index contributed by atoms with van der Waals surface area (Å²) in [5.41, 5.74) is 4.50. The summed E-state index contributed by atoms with van der Waals surface area (Å²) in [6.45, 7) is 5.08. The first-order valence-corrected chi connectivity index (χ1v) is 6.44. The number of ether oxygens (including phenoxy) is 2. The number of halogens is 3. The molecule has 0 spiro atoms. The SMILES string of the molecule is COc1cc(NC(=O)OC(C)(C)C)ccc1C(N)C(F)(F)F. The Hall–Kier alpha value is -1.96. The van der Waals surface area contributed by atoms with Gasteiger partial charge in [-0.15, -0.1) is 0 Å². The summed E-state index contributed by atoms with van der Waals surface area (Å²) in [7, 11) is 1.22. The molecule has 3 N–H and O–H groups in total. The van der Waals surface area contributed by atoms with Gasteiger partial charge in [0.05, 0.1) is 7.11 Å². The number of hydrogen-bond acceptors (Lipinski definition) is 4. The molecular formula is C14H19F3N2O3. The molecule has 0 aliphatic carbocycles. The van der Waals surface area contributed by atoms with Gasteiger partial charge in [0.15, 0.2) is 0 Å². The largest absolute Gasteiger partial charge is 0.496 e. The van der Waals surface area contributed by atoms with E-state index >= 15 is 0 Å². The van der Waals surface area contributed by atoms with Gasteiger partial charge in [0.25, 0.3) is 0 Å². The van der Waals surface area contributed by atoms with Gasteiger partial charge in [-0.3, -0.25) is 5.32 Å². The predicted molar refractivity (Wildman–Crippen MR) is 75.8 cm³/mol. The highest BCUT2D eigenvalue weighted by Crippen LogP contribution is 2.36. The summed E-state index contributed by atoms with van der Waals surface area (Å²) in [4.78, 5) is 11.6. The molecule has 1 rings (SSSR count). The molecule has 0 fully saturated rings. The number of carbonyl (C=O) groups is 1. The Morgan fingerprint density at radius 1 is 1.27 bits per heavy atom. The lowest BCUT2D eigenvalue weighted by atomic mass is 10.1. The van der Waals surface area contributed by atoms with E-state index in [-0.39, 0.29) is 17.0 Å². The van der Waals surface area contributed by atoms with Crippen LogP contribution in [-0.4, -0.2) is 25.0 Å². The summed E-state index contributed by atoms with van der Waals surface area (Å²) in [5.74, 6) is -0.0709. The van der Waals surface area contributed by atoms with Crippen LogP contribution in [0.15, 0.2) is 18.2 Å². The second kappa shape index (κ2) is 6.43. The van der Waals surface area contributed by atoms with E-state index in [9.17, 15) is 18.0 Å². The Bertz CT molecular complexity index is 539. The molecule has 1 aromatic carbocycles. The maximum absolute atomic E-state index is 12.7. The van der Waals surface area contributed by atoms with E-state index in [1.807, 2.05) is 0 Å². The van der Waals surface area contributed by atoms with Crippen LogP contribution in [0.1, 0.15) is 32.4 Å². The Kier molecular flexibility index (Phi) is 5.29. The number of anilines is 1. The number of amides is 1. The zero-order valence-electron chi connectivity index (χ0n) is 12.7. The summed E-state index contributed by atoms with van der Waals surface area (Å²) in [6.07, 6.45) is -5.31. The van der Waals surface area contributed by atoms with Crippen LogP contribution in [-0.2, 0) is 4.74 Å². The minimum Gasteiger partial charge on any atom is -0.496 e. The van der Waals surface area contributed by atoms with Crippen LogP contribution in [0, 0.1) is 0 Å². The molecule has 0 saturated carbocycles. The Morgan fingerprint density at radius 2 is 1.86 bits per heavy atom. The quantitative estimate of drug-likeness (QED) is 0.892. The number of rotatable bonds is 3. The highest BCUT2D eigenvalue weighted by molar-refractivity contribution is 5.85. The summed E-state index contributed by atoms with van der Waals surface area (Å²) < 4.78 is 48.0. The van der Waals surface area contributed by atoms with Crippen molar-refractivity contribution in [1.82, 2.24) is 0 Å². The van der Waals surface area contributed by atoms with Gasteiger partial charge in [-0.05, 0) is 26.8 Å². The Labute approximate surface area is 126 Å². The molecule has 0 bridgehead atoms. The molecule has 1 atom stereocenters. The van der Waals surface area contributed by atoms with E-state index in [1.54, 1.807) is 20.8 Å². The lowest BCUT2D eigenvalue weighted by molar-refractivity contribution is -0.149. The molecule has 0 aromatic heterocycles. The molecule has 0 saturated heterocycles. The van der Waals surface area contributed by atoms with Crippen molar-refractivity contribution in [2.24, 2.45) is 5.73 Å². The van der Waals surface area contributed by atoms with Gasteiger partial charge in [0, 0.05) is 17.3 Å². The molecule has 22 heavy (non-hydrogen) atoms. The topological polar surface area (TPSA) is 73.6 Å². The minimum absolute atomic E-state index is 0.0709. The van der Waals surface area contributed by atoms with Crippen molar-refractivity contribution in [1.29, 1.82) is 0 Å². The smallest absolute Gasteiger partial charge is 0.412 e. The first-order chi connectivity index (χ1) is 9.94. The predicted octanol–water partition coefficient (Wildman–Crippen LogP) is 3.60. The van der Waals surface area contributed by atoms with Crippen LogP contribution >= 0.6 is 0 Å². The van der Waals surface area contributed by atoms with Crippen molar-refractivity contribution in [3.05, 3.63) is 23.8 Å². The number of methoxy groups -OCH3 is 1. The fourth-order valence-corrected chi connectivity index (χ4v) is 1.64. The number of hydrogen-bond donors (Lipinski definition) is 2. The van der Waals surface area contributed by atoms with Crippen LogP contribution < -0.4 is 15.8 Å². The monoisotopic (exact) mass is 320 g/mol. The second-order valence-corrected chi connectivity index (χ2v) is 5.60. The molecule has 1 aromatic rings. The molecule has 0 aliphatic heterocycles. The molecule has 0 radical (unpaired) electrons. The number of carbonyl (C=O) groups excluding carboxylic acids is 1. The first kappa shape index (κ1) is 18.1. The van der Waals surface area contributed by atoms with Crippen molar-refractivity contribution in [3.63, 3.8) is 0 Å². The van der Waals surface area contributed by atoms with Gasteiger partial charge >= 0.3 is 12.3 Å². The Balaban J connectivity index is 2.96. The zero-order chi connectivity index (χ0) is 17.1. The Morgan fingerprint density at radius 3 is 2.32 bits per heavy atom. The van der Waals surface area contributed by atoms with E-state index in [2.05, 4.69) is 5.32 Å². The van der Waals surface area contributed by atoms with Crippen molar-refractivity contribution in [3.8, 4) is 5.75 Å². The van der Waals surface area contributed by atoms with E-state index in [1.165, 1.54) is 19.2 Å². The molecule has 0 aliphatic rings. The van der Waals surface area contributed by atoms with Crippen molar-refractivity contribution in [2.45, 2.75) is 38.6 Å². The van der Waals surface area contributed by atoms with E-state index < -0.39 is 23.9 Å². The van der Waals surface area contributed by atoms with Crippen LogP contribution in [0.5, 0.6) is 5.75 Å². The number of nitrogens with two attached hydrogens (primary N) is 1. The summed E-state index contributed by atoms with van der Waals surface area (Å²) in [6, 6.07) is 1.54. The molecule has 8 heteroatoms. The third kappa shape index (κ3) is 5.10. The van der Waals surface area contributed by atoms with Crippen LogP contribution in [0.2, 0.25) is 0 Å². The maximum atomic E-state index is 12.7. The van der Waals surface area contributed by atoms with E-state index in [0.717, 1.165) is 6.07 Å². The van der Waals surface area contributed by atoms with Gasteiger partial charge in [0.1, 0.15) is 17.4 Å². The standard InChI is InChI=1S/C14H19F3N2O3/c1-13(2,3)22-12(20)19-8-5-6-9(10(7-8)21-4)11(18)14(15,16)17/h5-7,11H,18H2,1-4H3,(H,19,20). The molecular weight excluding hydrogens is 301 g/mol. The minimum atomic E-state index is -4.59. The highest BCUT2D eigenvalue weighted by Gasteiger charge is 2.39. The van der Waals surface area contributed by atoms with Crippen molar-refractivity contribution in [2.75, 3.05) is 12.4 Å². The van der Waals surface area contributed by atoms with Crippen LogP contribution in [0.25, 0.3) is 0 Å². The van der Waals surface area contributed by atoms with Gasteiger partial charge < -0.3 is 15.2 Å². The van der Waals surface area contributed by atoms with Gasteiger partial charge in [-0.2, -0.15) is 13.2 Å². The summed E-state index contributed by atoms with van der Waals surface area (Å²) in [5, 5.41) is 2.41. The van der Waals surface area contributed by atoms with E-state index in [0.29, 0.717) is 0 Å². The molecule has 1 unspecified atom stereocenters. The van der Waals surface area contributed by atoms with Gasteiger partial charge in [0.2, 0.25) is 0 Å². The zero-order valence-corrected chi connectivity index (χ0v) is 12.7. The van der Waals surface area contributed by atoms with Crippen molar-refractivity contribution < 1.29 is 27.4 Å². The average Bonchev–Trinajstić information content (AvgIpc) is 2.34. The fraction of sp³-hybridized carbons (Fsp3) is 0.500. The third-order valence-corrected chi connectivity index (χ3v) is 2.57. The van der Waals surface area contributed by atoms with E-state index in [4.69, 9.17) is 15.2 Å². The average molecular weight is 320 g/mol. The number of benzene rings is 1. The fourth-order valence-electron chi connectivity index (χ4n) is 1.64. The van der Waals surface area contributed by atoms with Crippen LogP contribution in [0.4, 0.5) is 23.7 Å². The second-order valence-electron chi connectivity index (χ2n) is 5.60.